The zero-order valence-electron chi connectivity index (χ0n) is 24.1. The third-order valence-electron chi connectivity index (χ3n) is 9.76. The van der Waals surface area contributed by atoms with E-state index in [1.807, 2.05) is 13.8 Å². The number of aliphatic carboxylic acids is 1. The van der Waals surface area contributed by atoms with Crippen LogP contribution in [0.25, 0.3) is 0 Å². The summed E-state index contributed by atoms with van der Waals surface area (Å²) in [6, 6.07) is 2.81. The van der Waals surface area contributed by atoms with Gasteiger partial charge in [0.25, 0.3) is 5.91 Å². The summed E-state index contributed by atoms with van der Waals surface area (Å²) in [5.41, 5.74) is -6.51. The van der Waals surface area contributed by atoms with Crippen LogP contribution in [0.4, 0.5) is 26.3 Å². The number of hydrogen-bond donors (Lipinski definition) is 1. The van der Waals surface area contributed by atoms with Crippen LogP contribution in [0.15, 0.2) is 24.4 Å². The van der Waals surface area contributed by atoms with Crippen LogP contribution in [0.3, 0.4) is 0 Å². The van der Waals surface area contributed by atoms with Crippen LogP contribution in [0.1, 0.15) is 97.2 Å². The standard InChI is InChI=1S/C30H32ClF6N3O4/c1-26(2)12-17(13-26)15-39(16-21(41)22-19(29(32,33)34)4-3-5-20(22)31)24(42)18-14-38-40(23(18)30(35,36)37)28-9-6-27(7-10-28,8-11-28)25(43)44/h3-5,14,17H,6-13,15-16H2,1-2H3,(H,43,44). The first kappa shape index (κ1) is 32.3. The average molecular weight is 648 g/mol. The summed E-state index contributed by atoms with van der Waals surface area (Å²) in [5, 5.41) is 13.2. The second-order valence-electron chi connectivity index (χ2n) is 13.3. The van der Waals surface area contributed by atoms with E-state index in [1.165, 1.54) is 0 Å². The average Bonchev–Trinajstić information content (AvgIpc) is 3.38. The summed E-state index contributed by atoms with van der Waals surface area (Å²) in [5.74, 6) is -3.49. The Balaban J connectivity index is 1.51. The lowest BCUT2D eigenvalue weighted by atomic mass is 9.57. The van der Waals surface area contributed by atoms with Crippen LogP contribution in [-0.2, 0) is 22.7 Å². The molecule has 7 nitrogen and oxygen atoms in total. The molecule has 44 heavy (non-hydrogen) atoms. The van der Waals surface area contributed by atoms with Crippen LogP contribution in [-0.4, -0.2) is 50.5 Å². The molecule has 0 aliphatic heterocycles. The third-order valence-corrected chi connectivity index (χ3v) is 10.1. The lowest BCUT2D eigenvalue weighted by molar-refractivity contribution is -0.163. The van der Waals surface area contributed by atoms with Crippen molar-refractivity contribution in [2.45, 2.75) is 83.1 Å². The minimum absolute atomic E-state index is 0.0934. The lowest BCUT2D eigenvalue weighted by Gasteiger charge is -2.51. The van der Waals surface area contributed by atoms with Crippen molar-refractivity contribution in [2.24, 2.45) is 16.7 Å². The fourth-order valence-electron chi connectivity index (χ4n) is 7.57. The van der Waals surface area contributed by atoms with Crippen molar-refractivity contribution in [3.05, 3.63) is 51.8 Å². The van der Waals surface area contributed by atoms with Crippen LogP contribution < -0.4 is 0 Å². The number of nitrogens with zero attached hydrogens (tertiary/aromatic N) is 3. The van der Waals surface area contributed by atoms with E-state index in [-0.39, 0.29) is 56.4 Å². The summed E-state index contributed by atoms with van der Waals surface area (Å²) in [7, 11) is 0. The molecule has 240 valence electrons. The molecule has 0 spiro atoms. The number of carbonyl (C=O) groups excluding carboxylic acids is 2. The zero-order chi connectivity index (χ0) is 32.5. The summed E-state index contributed by atoms with van der Waals surface area (Å²) in [6.07, 6.45) is -7.10. The van der Waals surface area contributed by atoms with Crippen molar-refractivity contribution in [1.82, 2.24) is 14.7 Å². The highest BCUT2D eigenvalue weighted by atomic mass is 35.5. The lowest BCUT2D eigenvalue weighted by Crippen LogP contribution is -2.52. The monoisotopic (exact) mass is 647 g/mol. The quantitative estimate of drug-likeness (QED) is 0.237. The van der Waals surface area contributed by atoms with Gasteiger partial charge >= 0.3 is 18.3 Å². The highest BCUT2D eigenvalue weighted by molar-refractivity contribution is 6.34. The van der Waals surface area contributed by atoms with Gasteiger partial charge in [-0.05, 0) is 74.8 Å². The Kier molecular flexibility index (Phi) is 7.91. The number of hydrogen-bond acceptors (Lipinski definition) is 4. The highest BCUT2D eigenvalue weighted by Crippen LogP contribution is 2.57. The van der Waals surface area contributed by atoms with Gasteiger partial charge in [0.1, 0.15) is 0 Å². The van der Waals surface area contributed by atoms with Gasteiger partial charge in [0, 0.05) is 6.54 Å². The number of carboxylic acid groups (broad SMARTS) is 1. The number of alkyl halides is 6. The molecular formula is C30H32ClF6N3O4. The molecule has 4 aliphatic carbocycles. The third kappa shape index (κ3) is 5.72. The number of ketones is 1. The minimum atomic E-state index is -5.05. The highest BCUT2D eigenvalue weighted by Gasteiger charge is 2.56. The molecule has 0 radical (unpaired) electrons. The molecule has 1 aromatic carbocycles. The Morgan fingerprint density at radius 3 is 2.09 bits per heavy atom. The fraction of sp³-hybridized carbons (Fsp3) is 0.600. The van der Waals surface area contributed by atoms with E-state index in [9.17, 15) is 45.8 Å². The van der Waals surface area contributed by atoms with Gasteiger partial charge in [-0.15, -0.1) is 0 Å². The maximum absolute atomic E-state index is 14.7. The van der Waals surface area contributed by atoms with Crippen LogP contribution in [0, 0.1) is 16.7 Å². The number of fused-ring (bicyclic) bond motifs is 3. The van der Waals surface area contributed by atoms with Crippen molar-refractivity contribution >= 4 is 29.3 Å². The van der Waals surface area contributed by atoms with Gasteiger partial charge in [0.15, 0.2) is 11.5 Å². The maximum atomic E-state index is 14.7. The van der Waals surface area contributed by atoms with Gasteiger partial charge in [-0.1, -0.05) is 31.5 Å². The Labute approximate surface area is 254 Å². The Morgan fingerprint density at radius 2 is 1.59 bits per heavy atom. The van der Waals surface area contributed by atoms with Crippen LogP contribution in [0.5, 0.6) is 0 Å². The Bertz CT molecular complexity index is 1470. The van der Waals surface area contributed by atoms with E-state index in [4.69, 9.17) is 11.6 Å². The molecule has 0 unspecified atom stereocenters. The number of carboxylic acids is 1. The maximum Gasteiger partial charge on any atom is 0.433 e. The number of rotatable bonds is 8. The molecule has 6 rings (SSSR count). The van der Waals surface area contributed by atoms with E-state index >= 15 is 0 Å². The molecule has 1 heterocycles. The van der Waals surface area contributed by atoms with Crippen molar-refractivity contribution in [1.29, 1.82) is 0 Å². The van der Waals surface area contributed by atoms with Crippen LogP contribution in [0.2, 0.25) is 5.02 Å². The first-order valence-corrected chi connectivity index (χ1v) is 14.7. The Morgan fingerprint density at radius 1 is 1.00 bits per heavy atom. The molecule has 2 bridgehead atoms. The SMILES string of the molecule is CC1(C)CC(CN(CC(=O)c2c(Cl)cccc2C(F)(F)F)C(=O)c2cnn(C34CCC(C(=O)O)(CC3)CC4)c2C(F)(F)F)C1. The summed E-state index contributed by atoms with van der Waals surface area (Å²) >= 11 is 6.01. The van der Waals surface area contributed by atoms with E-state index in [0.29, 0.717) is 18.9 Å². The van der Waals surface area contributed by atoms with Crippen molar-refractivity contribution in [2.75, 3.05) is 13.1 Å². The van der Waals surface area contributed by atoms with E-state index < -0.39 is 74.9 Å². The van der Waals surface area contributed by atoms with Gasteiger partial charge < -0.3 is 10.0 Å². The van der Waals surface area contributed by atoms with Crippen molar-refractivity contribution in [3.63, 3.8) is 0 Å². The summed E-state index contributed by atoms with van der Waals surface area (Å²) in [4.78, 5) is 40.0. The summed E-state index contributed by atoms with van der Waals surface area (Å²) < 4.78 is 86.2. The van der Waals surface area contributed by atoms with Gasteiger partial charge in [-0.3, -0.25) is 19.1 Å². The summed E-state index contributed by atoms with van der Waals surface area (Å²) in [6.45, 7) is 2.88. The molecule has 4 saturated carbocycles. The molecule has 4 fully saturated rings. The second-order valence-corrected chi connectivity index (χ2v) is 13.7. The first-order valence-electron chi connectivity index (χ1n) is 14.4. The number of amides is 1. The molecule has 4 aliphatic rings. The molecule has 1 N–H and O–H groups in total. The number of benzene rings is 1. The van der Waals surface area contributed by atoms with Gasteiger partial charge in [0.2, 0.25) is 0 Å². The van der Waals surface area contributed by atoms with Crippen molar-refractivity contribution < 1.29 is 45.8 Å². The Hall–Kier alpha value is -3.09. The van der Waals surface area contributed by atoms with E-state index in [2.05, 4.69) is 5.10 Å². The van der Waals surface area contributed by atoms with Crippen LogP contribution >= 0.6 is 11.6 Å². The number of Topliss-reactive ketones (excluding diaryl/α,β-unsaturated/α-hetero) is 1. The molecule has 0 saturated heterocycles. The topological polar surface area (TPSA) is 92.5 Å². The van der Waals surface area contributed by atoms with Gasteiger partial charge in [-0.25, -0.2) is 0 Å². The second kappa shape index (κ2) is 10.8. The van der Waals surface area contributed by atoms with Crippen molar-refractivity contribution in [3.8, 4) is 0 Å². The predicted octanol–water partition coefficient (Wildman–Crippen LogP) is 7.47. The first-order chi connectivity index (χ1) is 20.3. The zero-order valence-corrected chi connectivity index (χ0v) is 24.9. The number of halogens is 7. The van der Waals surface area contributed by atoms with Gasteiger partial charge in [-0.2, -0.15) is 31.4 Å². The van der Waals surface area contributed by atoms with Gasteiger partial charge in [0.05, 0.1) is 45.4 Å². The minimum Gasteiger partial charge on any atom is -0.481 e. The van der Waals surface area contributed by atoms with E-state index in [1.54, 1.807) is 0 Å². The molecule has 14 heteroatoms. The molecule has 1 amide bonds. The molecule has 0 atom stereocenters. The number of carbonyl (C=O) groups is 3. The normalized spacial score (nSPS) is 25.0. The largest absolute Gasteiger partial charge is 0.481 e. The molecule has 2 aromatic rings. The fourth-order valence-corrected chi connectivity index (χ4v) is 7.85. The molecule has 1 aromatic heterocycles. The predicted molar refractivity (Wildman–Crippen MR) is 146 cm³/mol. The smallest absolute Gasteiger partial charge is 0.433 e. The molecular weight excluding hydrogens is 616 g/mol. The van der Waals surface area contributed by atoms with E-state index in [0.717, 1.165) is 27.9 Å². The number of aromatic nitrogens is 2.